The third-order valence-electron chi connectivity index (χ3n) is 2.98. The smallest absolute Gasteiger partial charge is 0.418 e. The highest BCUT2D eigenvalue weighted by Gasteiger charge is 2.21. The molecule has 0 saturated carbocycles. The third-order valence-corrected chi connectivity index (χ3v) is 3.70. The standard InChI is InChI=1S/C17H19BrN2O3/c1-17(2,3)23-16(22)20-10-9-13(18)14(20)11-19-15(21)12-7-5-4-6-8-12/h4-10H,11H2,1-3H3,(H,19,21). The highest BCUT2D eigenvalue weighted by atomic mass is 79.9. The molecule has 0 aliphatic carbocycles. The number of carbonyl (C=O) groups excluding carboxylic acids is 2. The predicted octanol–water partition coefficient (Wildman–Crippen LogP) is 3.96. The van der Waals surface area contributed by atoms with E-state index in [0.717, 1.165) is 4.47 Å². The number of hydrogen-bond acceptors (Lipinski definition) is 3. The van der Waals surface area contributed by atoms with Crippen LogP contribution < -0.4 is 5.32 Å². The summed E-state index contributed by atoms with van der Waals surface area (Å²) in [5, 5.41) is 2.80. The molecule has 5 nitrogen and oxygen atoms in total. The second-order valence-corrected chi connectivity index (χ2v) is 6.86. The fourth-order valence-corrected chi connectivity index (χ4v) is 2.40. The van der Waals surface area contributed by atoms with E-state index in [-0.39, 0.29) is 12.5 Å². The number of ether oxygens (including phenoxy) is 1. The quantitative estimate of drug-likeness (QED) is 0.878. The van der Waals surface area contributed by atoms with Gasteiger partial charge in [0.15, 0.2) is 0 Å². The lowest BCUT2D eigenvalue weighted by Gasteiger charge is -2.20. The molecule has 0 aliphatic rings. The number of rotatable bonds is 3. The second-order valence-electron chi connectivity index (χ2n) is 6.01. The van der Waals surface area contributed by atoms with Gasteiger partial charge in [-0.25, -0.2) is 4.79 Å². The van der Waals surface area contributed by atoms with Gasteiger partial charge in [0, 0.05) is 16.2 Å². The topological polar surface area (TPSA) is 60.3 Å². The molecular weight excluding hydrogens is 360 g/mol. The first-order valence-corrected chi connectivity index (χ1v) is 7.99. The molecule has 1 N–H and O–H groups in total. The van der Waals surface area contributed by atoms with Crippen molar-refractivity contribution in [3.05, 3.63) is 58.3 Å². The molecular formula is C17H19BrN2O3. The van der Waals surface area contributed by atoms with Crippen LogP contribution in [0.5, 0.6) is 0 Å². The molecule has 0 unspecified atom stereocenters. The van der Waals surface area contributed by atoms with Crippen LogP contribution in [0.3, 0.4) is 0 Å². The molecule has 0 bridgehead atoms. The zero-order valence-corrected chi connectivity index (χ0v) is 14.9. The summed E-state index contributed by atoms with van der Waals surface area (Å²) >= 11 is 3.39. The van der Waals surface area contributed by atoms with Crippen molar-refractivity contribution in [2.45, 2.75) is 32.9 Å². The largest absolute Gasteiger partial charge is 0.443 e. The number of benzene rings is 1. The van der Waals surface area contributed by atoms with E-state index in [1.165, 1.54) is 4.57 Å². The van der Waals surface area contributed by atoms with E-state index < -0.39 is 11.7 Å². The third kappa shape index (κ3) is 4.69. The van der Waals surface area contributed by atoms with Gasteiger partial charge in [0.2, 0.25) is 0 Å². The molecule has 23 heavy (non-hydrogen) atoms. The highest BCUT2D eigenvalue weighted by Crippen LogP contribution is 2.20. The number of aromatic nitrogens is 1. The number of nitrogens with one attached hydrogen (secondary N) is 1. The number of hydrogen-bond donors (Lipinski definition) is 1. The number of amides is 1. The zero-order chi connectivity index (χ0) is 17.0. The summed E-state index contributed by atoms with van der Waals surface area (Å²) in [6.45, 7) is 5.63. The monoisotopic (exact) mass is 378 g/mol. The zero-order valence-electron chi connectivity index (χ0n) is 13.3. The van der Waals surface area contributed by atoms with Crippen molar-refractivity contribution >= 4 is 27.9 Å². The van der Waals surface area contributed by atoms with Crippen molar-refractivity contribution in [3.8, 4) is 0 Å². The Bertz CT molecular complexity index is 702. The molecule has 2 rings (SSSR count). The van der Waals surface area contributed by atoms with Crippen LogP contribution in [-0.2, 0) is 11.3 Å². The van der Waals surface area contributed by atoms with Crippen molar-refractivity contribution in [2.24, 2.45) is 0 Å². The molecule has 2 aromatic rings. The Hall–Kier alpha value is -2.08. The Morgan fingerprint density at radius 2 is 1.83 bits per heavy atom. The lowest BCUT2D eigenvalue weighted by Crippen LogP contribution is -2.30. The summed E-state index contributed by atoms with van der Waals surface area (Å²) in [7, 11) is 0. The maximum Gasteiger partial charge on any atom is 0.418 e. The van der Waals surface area contributed by atoms with Crippen LogP contribution in [0.4, 0.5) is 4.79 Å². The van der Waals surface area contributed by atoms with Crippen LogP contribution in [0.2, 0.25) is 0 Å². The van der Waals surface area contributed by atoms with Gasteiger partial charge < -0.3 is 10.1 Å². The van der Waals surface area contributed by atoms with Crippen LogP contribution >= 0.6 is 15.9 Å². The Morgan fingerprint density at radius 3 is 2.43 bits per heavy atom. The van der Waals surface area contributed by atoms with Crippen molar-refractivity contribution < 1.29 is 14.3 Å². The van der Waals surface area contributed by atoms with Crippen LogP contribution in [0, 0.1) is 0 Å². The number of carbonyl (C=O) groups is 2. The van der Waals surface area contributed by atoms with Crippen molar-refractivity contribution in [1.29, 1.82) is 0 Å². The van der Waals surface area contributed by atoms with E-state index in [1.54, 1.807) is 57.3 Å². The van der Waals surface area contributed by atoms with E-state index in [0.29, 0.717) is 11.3 Å². The van der Waals surface area contributed by atoms with Gasteiger partial charge in [-0.3, -0.25) is 9.36 Å². The first-order valence-electron chi connectivity index (χ1n) is 7.20. The first-order chi connectivity index (χ1) is 10.8. The van der Waals surface area contributed by atoms with Gasteiger partial charge in [-0.2, -0.15) is 0 Å². The molecule has 0 atom stereocenters. The van der Waals surface area contributed by atoms with Gasteiger partial charge in [0.1, 0.15) is 5.60 Å². The van der Waals surface area contributed by atoms with Crippen LogP contribution in [0.15, 0.2) is 47.1 Å². The normalized spacial score (nSPS) is 11.1. The lowest BCUT2D eigenvalue weighted by atomic mass is 10.2. The minimum Gasteiger partial charge on any atom is -0.443 e. The van der Waals surface area contributed by atoms with Gasteiger partial charge >= 0.3 is 6.09 Å². The molecule has 6 heteroatoms. The Morgan fingerprint density at radius 1 is 1.17 bits per heavy atom. The summed E-state index contributed by atoms with van der Waals surface area (Å²) < 4.78 is 7.48. The molecule has 1 aromatic carbocycles. The van der Waals surface area contributed by atoms with Gasteiger partial charge in [-0.05, 0) is 54.9 Å². The van der Waals surface area contributed by atoms with Crippen LogP contribution in [0.1, 0.15) is 36.8 Å². The fraction of sp³-hybridized carbons (Fsp3) is 0.294. The van der Waals surface area contributed by atoms with Crippen LogP contribution in [-0.4, -0.2) is 22.2 Å². The maximum absolute atomic E-state index is 12.2. The van der Waals surface area contributed by atoms with E-state index in [9.17, 15) is 9.59 Å². The van der Waals surface area contributed by atoms with Crippen molar-refractivity contribution in [2.75, 3.05) is 0 Å². The Kier molecular flexibility index (Phi) is 5.26. The predicted molar refractivity (Wildman–Crippen MR) is 91.4 cm³/mol. The van der Waals surface area contributed by atoms with E-state index in [2.05, 4.69) is 21.2 Å². The molecule has 0 spiro atoms. The maximum atomic E-state index is 12.2. The molecule has 0 aliphatic heterocycles. The summed E-state index contributed by atoms with van der Waals surface area (Å²) in [5.74, 6) is -0.200. The number of nitrogens with zero attached hydrogens (tertiary/aromatic N) is 1. The first kappa shape index (κ1) is 17.3. The SMILES string of the molecule is CC(C)(C)OC(=O)n1ccc(Br)c1CNC(=O)c1ccccc1. The Balaban J connectivity index is 2.10. The van der Waals surface area contributed by atoms with Crippen LogP contribution in [0.25, 0.3) is 0 Å². The van der Waals surface area contributed by atoms with Crippen molar-refractivity contribution in [3.63, 3.8) is 0 Å². The van der Waals surface area contributed by atoms with Crippen molar-refractivity contribution in [1.82, 2.24) is 9.88 Å². The molecule has 0 radical (unpaired) electrons. The van der Waals surface area contributed by atoms with E-state index in [4.69, 9.17) is 4.74 Å². The lowest BCUT2D eigenvalue weighted by molar-refractivity contribution is 0.0531. The summed E-state index contributed by atoms with van der Waals surface area (Å²) in [5.41, 5.74) is 0.612. The Labute approximate surface area is 143 Å². The van der Waals surface area contributed by atoms with Gasteiger partial charge in [-0.1, -0.05) is 18.2 Å². The van der Waals surface area contributed by atoms with E-state index in [1.807, 2.05) is 6.07 Å². The van der Waals surface area contributed by atoms with Gasteiger partial charge in [0.25, 0.3) is 5.91 Å². The highest BCUT2D eigenvalue weighted by molar-refractivity contribution is 9.10. The average molecular weight is 379 g/mol. The second kappa shape index (κ2) is 7.00. The molecule has 1 heterocycles. The molecule has 122 valence electrons. The summed E-state index contributed by atoms with van der Waals surface area (Å²) in [4.78, 5) is 24.3. The molecule has 1 aromatic heterocycles. The van der Waals surface area contributed by atoms with Gasteiger partial charge in [-0.15, -0.1) is 0 Å². The molecule has 1 amide bonds. The van der Waals surface area contributed by atoms with E-state index >= 15 is 0 Å². The summed E-state index contributed by atoms with van der Waals surface area (Å²) in [6.07, 6.45) is 1.13. The molecule has 0 saturated heterocycles. The minimum atomic E-state index is -0.585. The molecule has 0 fully saturated rings. The summed E-state index contributed by atoms with van der Waals surface area (Å²) in [6, 6.07) is 10.7. The van der Waals surface area contributed by atoms with Gasteiger partial charge in [0.05, 0.1) is 12.2 Å². The average Bonchev–Trinajstić information content (AvgIpc) is 2.85. The fourth-order valence-electron chi connectivity index (χ4n) is 1.95. The minimum absolute atomic E-state index is 0.200. The number of halogens is 1.